The van der Waals surface area contributed by atoms with Crippen molar-refractivity contribution in [2.45, 2.75) is 50.3 Å². The molecule has 1 atom stereocenters. The van der Waals surface area contributed by atoms with Crippen molar-refractivity contribution in [1.29, 1.82) is 0 Å². The van der Waals surface area contributed by atoms with Gasteiger partial charge < -0.3 is 9.80 Å². The van der Waals surface area contributed by atoms with E-state index in [-0.39, 0.29) is 10.8 Å². The van der Waals surface area contributed by atoms with Crippen LogP contribution < -0.4 is 4.90 Å². The smallest absolute Gasteiger partial charge is 0.227 e. The van der Waals surface area contributed by atoms with Crippen molar-refractivity contribution >= 4 is 28.8 Å². The summed E-state index contributed by atoms with van der Waals surface area (Å²) in [4.78, 5) is 21.7. The third-order valence-corrected chi connectivity index (χ3v) is 7.77. The maximum absolute atomic E-state index is 13.1. The fourth-order valence-corrected chi connectivity index (χ4v) is 5.76. The van der Waals surface area contributed by atoms with E-state index in [2.05, 4.69) is 54.3 Å². The number of amides is 1. The second-order valence-electron chi connectivity index (χ2n) is 10.4. The van der Waals surface area contributed by atoms with Gasteiger partial charge in [0, 0.05) is 44.6 Å². The van der Waals surface area contributed by atoms with Crippen molar-refractivity contribution in [3.05, 3.63) is 88.3 Å². The number of aromatic nitrogens is 1. The molecule has 3 aliphatic rings. The van der Waals surface area contributed by atoms with Gasteiger partial charge in [-0.05, 0) is 73.9 Å². The summed E-state index contributed by atoms with van der Waals surface area (Å²) >= 11 is 6.74. The van der Waals surface area contributed by atoms with Crippen LogP contribution in [0.1, 0.15) is 49.4 Å². The second-order valence-corrected chi connectivity index (χ2v) is 11.3. The van der Waals surface area contributed by atoms with Gasteiger partial charge in [-0.25, -0.2) is 0 Å². The highest BCUT2D eigenvalue weighted by molar-refractivity contribution is 6.25. The number of anilines is 1. The van der Waals surface area contributed by atoms with Gasteiger partial charge in [-0.15, -0.1) is 11.6 Å². The highest BCUT2D eigenvalue weighted by atomic mass is 35.5. The topological polar surface area (TPSA) is 36.4 Å². The number of carbonyl (C=O) groups excluding carboxylic acids is 1. The normalized spacial score (nSPS) is 22.0. The Morgan fingerprint density at radius 1 is 1.06 bits per heavy atom. The van der Waals surface area contributed by atoms with Gasteiger partial charge in [0.05, 0.1) is 17.0 Å². The SMILES string of the molecule is CN(C)c1ccc(CC(=O)N2CCC(=C3C4=C(CCc5cccnc53)CC(C)(Cl)C=C4)CC2)cc1. The molecular weight excluding hydrogens is 454 g/mol. The number of halogens is 1. The number of aryl methyl sites for hydroxylation is 1. The number of piperidine rings is 1. The first-order valence-electron chi connectivity index (χ1n) is 12.6. The summed E-state index contributed by atoms with van der Waals surface area (Å²) < 4.78 is 0. The third-order valence-electron chi connectivity index (χ3n) is 7.51. The summed E-state index contributed by atoms with van der Waals surface area (Å²) in [7, 11) is 4.05. The lowest BCUT2D eigenvalue weighted by Gasteiger charge is -2.32. The lowest BCUT2D eigenvalue weighted by atomic mass is 9.82. The van der Waals surface area contributed by atoms with Crippen LogP contribution in [0.15, 0.2) is 71.5 Å². The van der Waals surface area contributed by atoms with Gasteiger partial charge in [-0.3, -0.25) is 9.78 Å². The number of benzene rings is 1. The zero-order valence-electron chi connectivity index (χ0n) is 21.0. The Hall–Kier alpha value is -2.85. The number of nitrogens with zero attached hydrogens (tertiary/aromatic N) is 3. The van der Waals surface area contributed by atoms with Crippen molar-refractivity contribution in [3.8, 4) is 0 Å². The van der Waals surface area contributed by atoms with Crippen LogP contribution in [-0.2, 0) is 17.6 Å². The minimum atomic E-state index is -0.320. The molecule has 1 aliphatic heterocycles. The molecule has 0 spiro atoms. The van der Waals surface area contributed by atoms with Crippen molar-refractivity contribution in [1.82, 2.24) is 9.88 Å². The first kappa shape index (κ1) is 23.9. The number of carbonyl (C=O) groups is 1. The van der Waals surface area contributed by atoms with Crippen LogP contribution in [0.4, 0.5) is 5.69 Å². The number of rotatable bonds is 3. The van der Waals surface area contributed by atoms with Crippen molar-refractivity contribution < 1.29 is 4.79 Å². The van der Waals surface area contributed by atoms with Crippen LogP contribution in [-0.4, -0.2) is 47.9 Å². The molecule has 1 amide bonds. The molecule has 0 saturated carbocycles. The molecule has 182 valence electrons. The summed E-state index contributed by atoms with van der Waals surface area (Å²) in [6.45, 7) is 3.61. The Morgan fingerprint density at radius 2 is 1.80 bits per heavy atom. The molecular formula is C30H34ClN3O. The quantitative estimate of drug-likeness (QED) is 0.501. The summed E-state index contributed by atoms with van der Waals surface area (Å²) in [6.07, 6.45) is 11.4. The Balaban J connectivity index is 1.37. The minimum absolute atomic E-state index is 0.210. The molecule has 1 aromatic carbocycles. The number of allylic oxidation sites excluding steroid dienone is 5. The van der Waals surface area contributed by atoms with Gasteiger partial charge in [0.15, 0.2) is 0 Å². The molecule has 4 nitrogen and oxygen atoms in total. The summed E-state index contributed by atoms with van der Waals surface area (Å²) in [5.41, 5.74) is 10.1. The highest BCUT2D eigenvalue weighted by Gasteiger charge is 2.31. The first-order valence-corrected chi connectivity index (χ1v) is 13.0. The Labute approximate surface area is 214 Å². The van der Waals surface area contributed by atoms with Crippen LogP contribution in [0, 0.1) is 0 Å². The first-order chi connectivity index (χ1) is 16.8. The van der Waals surface area contributed by atoms with Crippen LogP contribution in [0.5, 0.6) is 0 Å². The molecule has 2 heterocycles. The predicted octanol–water partition coefficient (Wildman–Crippen LogP) is 5.97. The molecule has 2 aromatic rings. The second kappa shape index (κ2) is 9.66. The van der Waals surface area contributed by atoms with Crippen LogP contribution in [0.2, 0.25) is 0 Å². The molecule has 1 fully saturated rings. The van der Waals surface area contributed by atoms with Crippen molar-refractivity contribution in [2.75, 3.05) is 32.1 Å². The largest absolute Gasteiger partial charge is 0.378 e. The van der Waals surface area contributed by atoms with Gasteiger partial charge in [0.2, 0.25) is 5.91 Å². The van der Waals surface area contributed by atoms with Crippen LogP contribution in [0.25, 0.3) is 5.57 Å². The molecule has 2 aliphatic carbocycles. The standard InChI is InChI=1S/C30H34ClN3O/c1-30(31)15-12-26-24(20-30)9-8-23-5-4-16-32-29(23)28(26)22-13-17-34(18-14-22)27(35)19-21-6-10-25(11-7-21)33(2)3/h4-7,10-12,15-16H,8-9,13-14,17-20H2,1-3H3. The average Bonchev–Trinajstić information content (AvgIpc) is 3.00. The van der Waals surface area contributed by atoms with E-state index in [9.17, 15) is 4.79 Å². The average molecular weight is 488 g/mol. The highest BCUT2D eigenvalue weighted by Crippen LogP contribution is 2.44. The summed E-state index contributed by atoms with van der Waals surface area (Å²) in [5.74, 6) is 0.210. The fourth-order valence-electron chi connectivity index (χ4n) is 5.54. The number of likely N-dealkylation sites (tertiary alicyclic amines) is 1. The molecule has 35 heavy (non-hydrogen) atoms. The number of pyridine rings is 1. The van der Waals surface area contributed by atoms with Crippen molar-refractivity contribution in [2.24, 2.45) is 0 Å². The van der Waals surface area contributed by atoms with Crippen LogP contribution in [0.3, 0.4) is 0 Å². The number of fused-ring (bicyclic) bond motifs is 1. The number of hydrogen-bond acceptors (Lipinski definition) is 3. The van der Waals surface area contributed by atoms with Gasteiger partial charge >= 0.3 is 0 Å². The van der Waals surface area contributed by atoms with Gasteiger partial charge in [-0.1, -0.05) is 41.5 Å². The predicted molar refractivity (Wildman–Crippen MR) is 145 cm³/mol. The number of hydrogen-bond donors (Lipinski definition) is 0. The zero-order chi connectivity index (χ0) is 24.6. The molecule has 0 N–H and O–H groups in total. The van der Waals surface area contributed by atoms with E-state index in [0.29, 0.717) is 6.42 Å². The molecule has 1 saturated heterocycles. The minimum Gasteiger partial charge on any atom is -0.378 e. The molecule has 1 unspecified atom stereocenters. The van der Waals surface area contributed by atoms with E-state index >= 15 is 0 Å². The molecule has 0 bridgehead atoms. The van der Waals surface area contributed by atoms with Crippen molar-refractivity contribution in [3.63, 3.8) is 0 Å². The fraction of sp³-hybridized carbons (Fsp3) is 0.400. The van der Waals surface area contributed by atoms with E-state index in [1.54, 1.807) is 0 Å². The monoisotopic (exact) mass is 487 g/mol. The Morgan fingerprint density at radius 3 is 2.51 bits per heavy atom. The van der Waals surface area contributed by atoms with Gasteiger partial charge in [-0.2, -0.15) is 0 Å². The van der Waals surface area contributed by atoms with E-state index < -0.39 is 0 Å². The number of alkyl halides is 1. The van der Waals surface area contributed by atoms with Gasteiger partial charge in [0.1, 0.15) is 0 Å². The summed E-state index contributed by atoms with van der Waals surface area (Å²) in [5, 5.41) is 0. The third kappa shape index (κ3) is 5.08. The van der Waals surface area contributed by atoms with Crippen LogP contribution >= 0.6 is 11.6 Å². The molecule has 5 rings (SSSR count). The van der Waals surface area contributed by atoms with E-state index in [4.69, 9.17) is 16.6 Å². The lowest BCUT2D eigenvalue weighted by molar-refractivity contribution is -0.130. The lowest BCUT2D eigenvalue weighted by Crippen LogP contribution is -2.37. The Bertz CT molecular complexity index is 1210. The maximum atomic E-state index is 13.1. The van der Waals surface area contributed by atoms with E-state index in [1.807, 2.05) is 31.3 Å². The van der Waals surface area contributed by atoms with E-state index in [0.717, 1.165) is 62.1 Å². The maximum Gasteiger partial charge on any atom is 0.227 e. The molecule has 5 heteroatoms. The van der Waals surface area contributed by atoms with Gasteiger partial charge in [0.25, 0.3) is 0 Å². The summed E-state index contributed by atoms with van der Waals surface area (Å²) in [6, 6.07) is 12.5. The Kier molecular flexibility index (Phi) is 6.59. The van der Waals surface area contributed by atoms with E-state index in [1.165, 1.54) is 27.9 Å². The zero-order valence-corrected chi connectivity index (χ0v) is 21.7. The molecule has 1 aromatic heterocycles. The molecule has 0 radical (unpaired) electrons.